The molecule has 0 aliphatic carbocycles. The second-order valence-electron chi connectivity index (χ2n) is 2.14. The quantitative estimate of drug-likeness (QED) is 0.425. The molecule has 0 aromatic rings. The highest BCUT2D eigenvalue weighted by molar-refractivity contribution is 7.62. The van der Waals surface area contributed by atoms with Gasteiger partial charge in [0.25, 0.3) is 0 Å². The Kier molecular flexibility index (Phi) is 4.25. The first-order chi connectivity index (χ1) is 6.21. The summed E-state index contributed by atoms with van der Waals surface area (Å²) >= 11 is 13.9. The van der Waals surface area contributed by atoms with Crippen molar-refractivity contribution in [1.82, 2.24) is 0 Å². The minimum absolute atomic E-state index is 2.87. The van der Waals surface area contributed by atoms with E-state index >= 15 is 0 Å². The average Bonchev–Trinajstić information content (AvgIpc) is 1.77. The van der Waals surface area contributed by atoms with Gasteiger partial charge in [-0.05, 0) is 0 Å². The molecule has 0 fully saturated rings. The lowest BCUT2D eigenvalue weighted by molar-refractivity contribution is -0.407. The van der Waals surface area contributed by atoms with Gasteiger partial charge in [-0.1, -0.05) is 33.2 Å². The molecule has 0 radical (unpaired) electrons. The Hall–Kier alpha value is 0.557. The Labute approximate surface area is 93.3 Å². The topological polar surface area (TPSA) is 9.23 Å². The third kappa shape index (κ3) is 3.81. The van der Waals surface area contributed by atoms with Gasteiger partial charge in [-0.3, -0.25) is 0 Å². The number of hydrogen-bond acceptors (Lipinski definition) is 1. The lowest BCUT2D eigenvalue weighted by Gasteiger charge is -2.31. The van der Waals surface area contributed by atoms with Gasteiger partial charge in [0.15, 0.2) is 0 Å². The van der Waals surface area contributed by atoms with E-state index in [0.717, 1.165) is 0 Å². The third-order valence-corrected chi connectivity index (χ3v) is 2.19. The van der Waals surface area contributed by atoms with E-state index in [4.69, 9.17) is 0 Å². The molecule has 0 spiro atoms. The summed E-state index contributed by atoms with van der Waals surface area (Å²) in [6.07, 6.45) is -17.7. The summed E-state index contributed by atoms with van der Waals surface area (Å²) in [7, 11) is 0. The molecule has 92 valence electrons. The standard InChI is InChI=1S/C3Cl3F7OSi/c4-15(5,6)14-1(7,2(8,9)10)3(11,12)13. The van der Waals surface area contributed by atoms with Crippen molar-refractivity contribution in [3.63, 3.8) is 0 Å². The number of hydrogen-bond donors (Lipinski definition) is 0. The molecule has 0 aliphatic rings. The van der Waals surface area contributed by atoms with Crippen LogP contribution in [0.5, 0.6) is 0 Å². The van der Waals surface area contributed by atoms with Gasteiger partial charge < -0.3 is 4.43 Å². The molecule has 0 heterocycles. The van der Waals surface area contributed by atoms with Gasteiger partial charge in [0.1, 0.15) is 0 Å². The first kappa shape index (κ1) is 15.6. The average molecular weight is 319 g/mol. The summed E-state index contributed by atoms with van der Waals surface area (Å²) in [5.74, 6) is -5.97. The first-order valence-electron chi connectivity index (χ1n) is 2.80. The molecular formula is C3Cl3F7OSi. The van der Waals surface area contributed by atoms with Gasteiger partial charge in [-0.2, -0.15) is 30.7 Å². The molecule has 0 aliphatic heterocycles. The van der Waals surface area contributed by atoms with Crippen molar-refractivity contribution >= 4 is 39.5 Å². The van der Waals surface area contributed by atoms with E-state index in [1.54, 1.807) is 0 Å². The van der Waals surface area contributed by atoms with Crippen LogP contribution in [-0.2, 0) is 4.43 Å². The van der Waals surface area contributed by atoms with Crippen LogP contribution >= 0.6 is 33.2 Å². The number of rotatable bonds is 2. The van der Waals surface area contributed by atoms with Crippen LogP contribution in [-0.4, -0.2) is 24.5 Å². The molecule has 15 heavy (non-hydrogen) atoms. The van der Waals surface area contributed by atoms with Crippen LogP contribution in [0.1, 0.15) is 0 Å². The Bertz CT molecular complexity index is 217. The lowest BCUT2D eigenvalue weighted by atomic mass is 10.3. The fourth-order valence-electron chi connectivity index (χ4n) is 0.436. The van der Waals surface area contributed by atoms with Crippen LogP contribution in [0.3, 0.4) is 0 Å². The Morgan fingerprint density at radius 1 is 0.733 bits per heavy atom. The van der Waals surface area contributed by atoms with Crippen LogP contribution in [0.25, 0.3) is 0 Å². The molecule has 0 rings (SSSR count). The fraction of sp³-hybridized carbons (Fsp3) is 1.00. The molecule has 0 saturated heterocycles. The van der Waals surface area contributed by atoms with Crippen LogP contribution in [0.4, 0.5) is 30.7 Å². The highest BCUT2D eigenvalue weighted by atomic mass is 35.8. The minimum Gasteiger partial charge on any atom is -0.333 e. The summed E-state index contributed by atoms with van der Waals surface area (Å²) in [6.45, 7) is 0. The van der Waals surface area contributed by atoms with Crippen LogP contribution in [0, 0.1) is 0 Å². The van der Waals surface area contributed by atoms with Crippen molar-refractivity contribution in [2.75, 3.05) is 0 Å². The summed E-state index contributed by atoms with van der Waals surface area (Å²) in [5, 5.41) is 0. The van der Waals surface area contributed by atoms with Gasteiger partial charge in [0.05, 0.1) is 0 Å². The smallest absolute Gasteiger partial charge is 0.333 e. The molecule has 0 atom stereocenters. The van der Waals surface area contributed by atoms with Gasteiger partial charge in [-0.15, -0.1) is 0 Å². The number of halogens is 10. The largest absolute Gasteiger partial charge is 0.496 e. The maximum absolute atomic E-state index is 12.6. The molecule has 0 aromatic heterocycles. The van der Waals surface area contributed by atoms with Crippen LogP contribution < -0.4 is 0 Å². The van der Waals surface area contributed by atoms with E-state index < -0.39 is 24.5 Å². The highest BCUT2D eigenvalue weighted by Gasteiger charge is 2.76. The zero-order chi connectivity index (χ0) is 12.7. The molecule has 0 unspecified atom stereocenters. The van der Waals surface area contributed by atoms with Crippen molar-refractivity contribution in [2.24, 2.45) is 0 Å². The first-order valence-corrected chi connectivity index (χ1v) is 7.74. The van der Waals surface area contributed by atoms with E-state index in [2.05, 4.69) is 37.7 Å². The fourth-order valence-corrected chi connectivity index (χ4v) is 1.94. The second kappa shape index (κ2) is 4.10. The van der Waals surface area contributed by atoms with Crippen LogP contribution in [0.15, 0.2) is 0 Å². The second-order valence-corrected chi connectivity index (χ2v) is 9.77. The van der Waals surface area contributed by atoms with Crippen molar-refractivity contribution in [2.45, 2.75) is 18.2 Å². The highest BCUT2D eigenvalue weighted by Crippen LogP contribution is 2.49. The summed E-state index contributed by atoms with van der Waals surface area (Å²) in [6, 6.07) is 0. The molecule has 0 saturated carbocycles. The van der Waals surface area contributed by atoms with Crippen LogP contribution in [0.2, 0.25) is 0 Å². The maximum Gasteiger partial charge on any atom is 0.496 e. The monoisotopic (exact) mass is 318 g/mol. The Morgan fingerprint density at radius 2 is 1.00 bits per heavy atom. The molecular weight excluding hydrogens is 319 g/mol. The van der Waals surface area contributed by atoms with Crippen molar-refractivity contribution in [3.8, 4) is 0 Å². The summed E-state index contributed by atoms with van der Waals surface area (Å²) in [5.41, 5.74) is 0. The van der Waals surface area contributed by atoms with Gasteiger partial charge in [0.2, 0.25) is 0 Å². The Balaban J connectivity index is 5.26. The van der Waals surface area contributed by atoms with E-state index in [-0.39, 0.29) is 0 Å². The lowest BCUT2D eigenvalue weighted by Crippen LogP contribution is -2.58. The predicted molar refractivity (Wildman–Crippen MR) is 40.3 cm³/mol. The van der Waals surface area contributed by atoms with Gasteiger partial charge >= 0.3 is 24.5 Å². The summed E-state index contributed by atoms with van der Waals surface area (Å²) in [4.78, 5) is 0. The molecule has 0 N–H and O–H groups in total. The molecule has 0 aromatic carbocycles. The van der Waals surface area contributed by atoms with E-state index in [1.165, 1.54) is 0 Å². The van der Waals surface area contributed by atoms with Crippen molar-refractivity contribution in [1.29, 1.82) is 0 Å². The van der Waals surface area contributed by atoms with E-state index in [9.17, 15) is 30.7 Å². The van der Waals surface area contributed by atoms with Crippen molar-refractivity contribution < 1.29 is 35.2 Å². The molecule has 12 heteroatoms. The molecule has 1 nitrogen and oxygen atoms in total. The predicted octanol–water partition coefficient (Wildman–Crippen LogP) is 3.95. The van der Waals surface area contributed by atoms with E-state index in [0.29, 0.717) is 0 Å². The zero-order valence-electron chi connectivity index (χ0n) is 6.19. The summed E-state index contributed by atoms with van der Waals surface area (Å²) < 4.78 is 86.0. The minimum atomic E-state index is -6.39. The molecule has 0 amide bonds. The molecule has 0 bridgehead atoms. The van der Waals surface area contributed by atoms with Crippen molar-refractivity contribution in [3.05, 3.63) is 0 Å². The third-order valence-electron chi connectivity index (χ3n) is 0.986. The van der Waals surface area contributed by atoms with Gasteiger partial charge in [-0.25, -0.2) is 0 Å². The number of alkyl halides is 7. The van der Waals surface area contributed by atoms with E-state index in [1.807, 2.05) is 0 Å². The normalized spacial score (nSPS) is 15.6. The SMILES string of the molecule is FC(F)(F)C(F)(O[Si](Cl)(Cl)Cl)C(F)(F)F. The zero-order valence-corrected chi connectivity index (χ0v) is 9.46. The maximum atomic E-state index is 12.6. The Morgan fingerprint density at radius 3 is 1.07 bits per heavy atom. The van der Waals surface area contributed by atoms with Gasteiger partial charge in [0, 0.05) is 0 Å².